The number of halogens is 3. The van der Waals surface area contributed by atoms with Crippen molar-refractivity contribution in [3.8, 4) is 5.75 Å². The van der Waals surface area contributed by atoms with Crippen LogP contribution in [0.25, 0.3) is 11.0 Å². The third kappa shape index (κ3) is 3.42. The van der Waals surface area contributed by atoms with E-state index in [9.17, 15) is 22.8 Å². The van der Waals surface area contributed by atoms with Gasteiger partial charge in [0.15, 0.2) is 6.10 Å². The van der Waals surface area contributed by atoms with E-state index in [-0.39, 0.29) is 24.2 Å². The lowest BCUT2D eigenvalue weighted by Crippen LogP contribution is -2.23. The smallest absolute Gasteiger partial charge is 0.416 e. The molecule has 0 radical (unpaired) electrons. The third-order valence-electron chi connectivity index (χ3n) is 4.99. The summed E-state index contributed by atoms with van der Waals surface area (Å²) in [5.74, 6) is -0.346. The zero-order valence-corrected chi connectivity index (χ0v) is 16.1. The molecule has 30 heavy (non-hydrogen) atoms. The first kappa shape index (κ1) is 20.0. The second-order valence-electron chi connectivity index (χ2n) is 6.96. The third-order valence-corrected chi connectivity index (χ3v) is 4.99. The summed E-state index contributed by atoms with van der Waals surface area (Å²) < 4.78 is 55.3. The van der Waals surface area contributed by atoms with Gasteiger partial charge in [-0.05, 0) is 49.7 Å². The SMILES string of the molecule is CCOC(=O)c1c(C)oc2ccc(OC3Cc4ccc(C(F)(F)F)cc4C3=O)cc12. The molecule has 1 aliphatic carbocycles. The summed E-state index contributed by atoms with van der Waals surface area (Å²) in [6.45, 7) is 3.54. The Bertz CT molecular complexity index is 1160. The van der Waals surface area contributed by atoms with E-state index in [0.29, 0.717) is 28.0 Å². The van der Waals surface area contributed by atoms with Gasteiger partial charge in [-0.15, -0.1) is 0 Å². The van der Waals surface area contributed by atoms with Crippen molar-refractivity contribution >= 4 is 22.7 Å². The molecule has 2 aromatic carbocycles. The predicted molar refractivity (Wildman–Crippen MR) is 101 cm³/mol. The number of furan rings is 1. The molecular weight excluding hydrogens is 401 g/mol. The molecule has 0 spiro atoms. The first-order valence-corrected chi connectivity index (χ1v) is 9.30. The van der Waals surface area contributed by atoms with Gasteiger partial charge in [0, 0.05) is 17.4 Å². The van der Waals surface area contributed by atoms with Crippen molar-refractivity contribution in [1.29, 1.82) is 0 Å². The molecule has 0 fully saturated rings. The molecule has 4 rings (SSSR count). The molecule has 0 saturated carbocycles. The number of rotatable bonds is 4. The van der Waals surface area contributed by atoms with Crippen LogP contribution in [0.4, 0.5) is 13.2 Å². The Morgan fingerprint density at radius 2 is 1.97 bits per heavy atom. The number of carbonyl (C=O) groups excluding carboxylic acids is 2. The molecule has 1 aromatic heterocycles. The molecular formula is C22H17F3O5. The Labute approximate surface area is 169 Å². The van der Waals surface area contributed by atoms with Crippen LogP contribution in [0.5, 0.6) is 5.75 Å². The maximum absolute atomic E-state index is 12.9. The van der Waals surface area contributed by atoms with Crippen LogP contribution in [0.2, 0.25) is 0 Å². The van der Waals surface area contributed by atoms with Crippen LogP contribution in [0.15, 0.2) is 40.8 Å². The normalized spacial score (nSPS) is 16.0. The van der Waals surface area contributed by atoms with Crippen LogP contribution < -0.4 is 4.74 Å². The van der Waals surface area contributed by atoms with Crippen molar-refractivity contribution in [2.24, 2.45) is 0 Å². The van der Waals surface area contributed by atoms with Crippen LogP contribution in [-0.4, -0.2) is 24.5 Å². The van der Waals surface area contributed by atoms with E-state index in [1.54, 1.807) is 32.0 Å². The van der Waals surface area contributed by atoms with Gasteiger partial charge in [-0.25, -0.2) is 4.79 Å². The first-order valence-electron chi connectivity index (χ1n) is 9.30. The number of hydrogen-bond acceptors (Lipinski definition) is 5. The monoisotopic (exact) mass is 418 g/mol. The molecule has 1 unspecified atom stereocenters. The van der Waals surface area contributed by atoms with Crippen molar-refractivity contribution in [3.63, 3.8) is 0 Å². The van der Waals surface area contributed by atoms with Crippen molar-refractivity contribution in [1.82, 2.24) is 0 Å². The zero-order valence-electron chi connectivity index (χ0n) is 16.1. The van der Waals surface area contributed by atoms with Crippen LogP contribution in [-0.2, 0) is 17.3 Å². The summed E-state index contributed by atoms with van der Waals surface area (Å²) in [5, 5.41) is 0.478. The lowest BCUT2D eigenvalue weighted by molar-refractivity contribution is -0.137. The maximum atomic E-state index is 12.9. The van der Waals surface area contributed by atoms with Crippen molar-refractivity contribution in [2.75, 3.05) is 6.61 Å². The van der Waals surface area contributed by atoms with Crippen LogP contribution >= 0.6 is 0 Å². The van der Waals surface area contributed by atoms with Gasteiger partial charge in [0.1, 0.15) is 22.7 Å². The molecule has 0 amide bonds. The fourth-order valence-corrected chi connectivity index (χ4v) is 3.61. The minimum Gasteiger partial charge on any atom is -0.482 e. The van der Waals surface area contributed by atoms with Gasteiger partial charge in [-0.3, -0.25) is 4.79 Å². The Morgan fingerprint density at radius 3 is 2.67 bits per heavy atom. The molecule has 156 valence electrons. The molecule has 3 aromatic rings. The van der Waals surface area contributed by atoms with Gasteiger partial charge in [0.2, 0.25) is 5.78 Å². The van der Waals surface area contributed by atoms with Gasteiger partial charge in [-0.2, -0.15) is 13.2 Å². The van der Waals surface area contributed by atoms with Crippen molar-refractivity contribution in [3.05, 3.63) is 64.4 Å². The van der Waals surface area contributed by atoms with E-state index in [0.717, 1.165) is 12.1 Å². The molecule has 0 aliphatic heterocycles. The molecule has 1 atom stereocenters. The van der Waals surface area contributed by atoms with Crippen LogP contribution in [0.1, 0.15) is 44.5 Å². The van der Waals surface area contributed by atoms with Crippen LogP contribution in [0, 0.1) is 6.92 Å². The van der Waals surface area contributed by atoms with E-state index in [4.69, 9.17) is 13.9 Å². The lowest BCUT2D eigenvalue weighted by atomic mass is 10.1. The number of ether oxygens (including phenoxy) is 2. The summed E-state index contributed by atoms with van der Waals surface area (Å²) in [7, 11) is 0. The Morgan fingerprint density at radius 1 is 1.20 bits per heavy atom. The van der Waals surface area contributed by atoms with E-state index >= 15 is 0 Å². The fraction of sp³-hybridized carbons (Fsp3) is 0.273. The highest BCUT2D eigenvalue weighted by Crippen LogP contribution is 2.35. The number of Topliss-reactive ketones (excluding diaryl/α,β-unsaturated/α-hetero) is 1. The van der Waals surface area contributed by atoms with Gasteiger partial charge in [0.05, 0.1) is 12.2 Å². The van der Waals surface area contributed by atoms with E-state index < -0.39 is 29.6 Å². The van der Waals surface area contributed by atoms with Crippen LogP contribution in [0.3, 0.4) is 0 Å². The number of hydrogen-bond donors (Lipinski definition) is 0. The van der Waals surface area contributed by atoms with Gasteiger partial charge >= 0.3 is 12.1 Å². The van der Waals surface area contributed by atoms with E-state index in [1.807, 2.05) is 0 Å². The largest absolute Gasteiger partial charge is 0.482 e. The average molecular weight is 418 g/mol. The van der Waals surface area contributed by atoms with Crippen molar-refractivity contribution < 1.29 is 36.7 Å². The highest BCUT2D eigenvalue weighted by atomic mass is 19.4. The topological polar surface area (TPSA) is 65.7 Å². The summed E-state index contributed by atoms with van der Waals surface area (Å²) in [6, 6.07) is 7.88. The first-order chi connectivity index (χ1) is 14.2. The highest BCUT2D eigenvalue weighted by molar-refractivity contribution is 6.05. The Kier molecular flexibility index (Phi) is 4.80. The maximum Gasteiger partial charge on any atom is 0.416 e. The van der Waals surface area contributed by atoms with Gasteiger partial charge < -0.3 is 13.9 Å². The molecule has 0 bridgehead atoms. The fourth-order valence-electron chi connectivity index (χ4n) is 3.61. The minimum absolute atomic E-state index is 0.0160. The second kappa shape index (κ2) is 7.19. The van der Waals surface area contributed by atoms with E-state index in [2.05, 4.69) is 0 Å². The number of aryl methyl sites for hydroxylation is 1. The van der Waals surface area contributed by atoms with Gasteiger partial charge in [-0.1, -0.05) is 6.07 Å². The average Bonchev–Trinajstić information content (AvgIpc) is 3.17. The van der Waals surface area contributed by atoms with Crippen molar-refractivity contribution in [2.45, 2.75) is 32.5 Å². The standard InChI is InChI=1S/C22H17F3O5/c1-3-28-21(27)19-11(2)29-17-7-6-14(10-16(17)19)30-18-8-12-4-5-13(22(23,24)25)9-15(12)20(18)26/h4-7,9-10,18H,3,8H2,1-2H3. The lowest BCUT2D eigenvalue weighted by Gasteiger charge is -2.12. The number of carbonyl (C=O) groups is 2. The molecule has 0 N–H and O–H groups in total. The summed E-state index contributed by atoms with van der Waals surface area (Å²) in [4.78, 5) is 24.9. The second-order valence-corrected chi connectivity index (χ2v) is 6.96. The molecule has 1 aliphatic rings. The summed E-state index contributed by atoms with van der Waals surface area (Å²) >= 11 is 0. The zero-order chi connectivity index (χ0) is 21.6. The van der Waals surface area contributed by atoms with E-state index in [1.165, 1.54) is 6.07 Å². The molecule has 0 saturated heterocycles. The summed E-state index contributed by atoms with van der Waals surface area (Å²) in [5.41, 5.74) is 0.379. The number of esters is 1. The minimum atomic E-state index is -4.53. The number of fused-ring (bicyclic) bond motifs is 2. The quantitative estimate of drug-likeness (QED) is 0.550. The Balaban J connectivity index is 1.62. The Hall–Kier alpha value is -3.29. The number of ketones is 1. The summed E-state index contributed by atoms with van der Waals surface area (Å²) in [6.07, 6.45) is -5.30. The molecule has 5 nitrogen and oxygen atoms in total. The highest BCUT2D eigenvalue weighted by Gasteiger charge is 2.37. The van der Waals surface area contributed by atoms with Gasteiger partial charge in [0.25, 0.3) is 0 Å². The number of alkyl halides is 3. The molecule has 8 heteroatoms. The number of benzene rings is 2. The predicted octanol–water partition coefficient (Wildman–Crippen LogP) is 5.12. The molecule has 1 heterocycles.